The highest BCUT2D eigenvalue weighted by molar-refractivity contribution is 6.06. The van der Waals surface area contributed by atoms with E-state index in [1.54, 1.807) is 29.2 Å². The summed E-state index contributed by atoms with van der Waals surface area (Å²) in [4.78, 5) is 27.0. The minimum Gasteiger partial charge on any atom is -0.508 e. The van der Waals surface area contributed by atoms with E-state index in [0.29, 0.717) is 11.3 Å². The highest BCUT2D eigenvalue weighted by Gasteiger charge is 2.42. The maximum absolute atomic E-state index is 13.0. The predicted octanol–water partition coefficient (Wildman–Crippen LogP) is 3.34. The third-order valence-corrected chi connectivity index (χ3v) is 4.88. The minimum atomic E-state index is -0.375. The van der Waals surface area contributed by atoms with E-state index in [2.05, 4.69) is 0 Å². The van der Waals surface area contributed by atoms with Crippen LogP contribution in [0.5, 0.6) is 5.75 Å². The van der Waals surface area contributed by atoms with Gasteiger partial charge in [0.15, 0.2) is 0 Å². The van der Waals surface area contributed by atoms with E-state index in [9.17, 15) is 14.7 Å². The summed E-state index contributed by atoms with van der Waals surface area (Å²) in [7, 11) is 0. The van der Waals surface area contributed by atoms with Crippen LogP contribution in [-0.4, -0.2) is 23.6 Å². The van der Waals surface area contributed by atoms with Crippen molar-refractivity contribution < 1.29 is 19.4 Å². The molecular weight excluding hydrogens is 330 g/mol. The van der Waals surface area contributed by atoms with Gasteiger partial charge < -0.3 is 9.84 Å². The number of nitrogens with zero attached hydrogens (tertiary/aromatic N) is 1. The van der Waals surface area contributed by atoms with Crippen molar-refractivity contribution in [1.82, 2.24) is 0 Å². The van der Waals surface area contributed by atoms with Crippen molar-refractivity contribution in [2.24, 2.45) is 0 Å². The molecule has 0 fully saturated rings. The molecule has 0 aromatic heterocycles. The number of rotatable bonds is 2. The number of anilines is 1. The Morgan fingerprint density at radius 2 is 1.69 bits per heavy atom. The summed E-state index contributed by atoms with van der Waals surface area (Å²) < 4.78 is 5.28. The molecule has 5 heteroatoms. The Labute approximate surface area is 151 Å². The Kier molecular flexibility index (Phi) is 3.80. The summed E-state index contributed by atoms with van der Waals surface area (Å²) in [6.07, 6.45) is 0.186. The molecule has 2 aromatic rings. The normalized spacial score (nSPS) is 19.6. The molecule has 1 N–H and O–H groups in total. The second-order valence-electron chi connectivity index (χ2n) is 6.86. The molecule has 1 amide bonds. The molecule has 4 rings (SSSR count). The highest BCUT2D eigenvalue weighted by Crippen LogP contribution is 2.42. The number of phenols is 1. The molecule has 0 saturated carbocycles. The van der Waals surface area contributed by atoms with Gasteiger partial charge >= 0.3 is 5.97 Å². The van der Waals surface area contributed by atoms with Gasteiger partial charge in [-0.2, -0.15) is 0 Å². The van der Waals surface area contributed by atoms with Gasteiger partial charge in [0.2, 0.25) is 5.91 Å². The number of phenolic OH excluding ortho intramolecular Hbond substituents is 1. The number of aryl methyl sites for hydroxylation is 2. The van der Waals surface area contributed by atoms with E-state index < -0.39 is 0 Å². The molecule has 0 aliphatic carbocycles. The molecule has 2 aromatic carbocycles. The van der Waals surface area contributed by atoms with Crippen LogP contribution in [0.4, 0.5) is 5.69 Å². The molecule has 0 spiro atoms. The van der Waals surface area contributed by atoms with Crippen LogP contribution in [0.25, 0.3) is 0 Å². The number of cyclic esters (lactones) is 1. The van der Waals surface area contributed by atoms with Crippen molar-refractivity contribution in [2.75, 3.05) is 11.5 Å². The van der Waals surface area contributed by atoms with E-state index in [1.165, 1.54) is 0 Å². The van der Waals surface area contributed by atoms with E-state index in [0.717, 1.165) is 22.4 Å². The monoisotopic (exact) mass is 349 g/mol. The fourth-order valence-corrected chi connectivity index (χ4v) is 3.82. The molecule has 2 heterocycles. The number of esters is 1. The van der Waals surface area contributed by atoms with Gasteiger partial charge in [-0.05, 0) is 54.8 Å². The zero-order valence-electron chi connectivity index (χ0n) is 14.7. The SMILES string of the molecule is Cc1cc(C)cc(N2C(=O)CC(c3ccc(O)cc3)C3=C2COC3=O)c1. The fraction of sp³-hybridized carbons (Fsp3) is 0.238. The van der Waals surface area contributed by atoms with Gasteiger partial charge in [0.05, 0.1) is 11.3 Å². The minimum absolute atomic E-state index is 0.0647. The predicted molar refractivity (Wildman–Crippen MR) is 96.9 cm³/mol. The molecular formula is C21H19NO4. The zero-order chi connectivity index (χ0) is 18.4. The largest absolute Gasteiger partial charge is 0.508 e. The third-order valence-electron chi connectivity index (χ3n) is 4.88. The Bertz CT molecular complexity index is 923. The third kappa shape index (κ3) is 2.65. The quantitative estimate of drug-likeness (QED) is 0.845. The number of amides is 1. The van der Waals surface area contributed by atoms with E-state index >= 15 is 0 Å². The summed E-state index contributed by atoms with van der Waals surface area (Å²) in [5.41, 5.74) is 4.86. The summed E-state index contributed by atoms with van der Waals surface area (Å²) >= 11 is 0. The second kappa shape index (κ2) is 6.02. The molecule has 132 valence electrons. The summed E-state index contributed by atoms with van der Waals surface area (Å²) in [5.74, 6) is -0.642. The second-order valence-corrected chi connectivity index (χ2v) is 6.86. The van der Waals surface area contributed by atoms with Crippen LogP contribution in [0, 0.1) is 13.8 Å². The maximum atomic E-state index is 13.0. The van der Waals surface area contributed by atoms with E-state index in [4.69, 9.17) is 4.74 Å². The Balaban J connectivity index is 1.84. The number of benzene rings is 2. The number of ether oxygens (including phenoxy) is 1. The van der Waals surface area contributed by atoms with Crippen LogP contribution in [-0.2, 0) is 14.3 Å². The van der Waals surface area contributed by atoms with Crippen LogP contribution < -0.4 is 4.90 Å². The maximum Gasteiger partial charge on any atom is 0.336 e. The number of hydrogen-bond donors (Lipinski definition) is 1. The van der Waals surface area contributed by atoms with Crippen LogP contribution >= 0.6 is 0 Å². The lowest BCUT2D eigenvalue weighted by atomic mass is 9.84. The van der Waals surface area contributed by atoms with Crippen molar-refractivity contribution in [3.63, 3.8) is 0 Å². The molecule has 0 saturated heterocycles. The molecule has 1 unspecified atom stereocenters. The van der Waals surface area contributed by atoms with Gasteiger partial charge in [-0.1, -0.05) is 18.2 Å². The van der Waals surface area contributed by atoms with Crippen molar-refractivity contribution in [1.29, 1.82) is 0 Å². The van der Waals surface area contributed by atoms with Crippen LogP contribution in [0.15, 0.2) is 53.7 Å². The topological polar surface area (TPSA) is 66.8 Å². The Morgan fingerprint density at radius 1 is 1.04 bits per heavy atom. The van der Waals surface area contributed by atoms with Crippen molar-refractivity contribution in [2.45, 2.75) is 26.2 Å². The summed E-state index contributed by atoms with van der Waals surface area (Å²) in [5, 5.41) is 9.51. The molecule has 5 nitrogen and oxygen atoms in total. The van der Waals surface area contributed by atoms with Gasteiger partial charge in [-0.15, -0.1) is 0 Å². The van der Waals surface area contributed by atoms with Gasteiger partial charge in [0, 0.05) is 18.0 Å². The Morgan fingerprint density at radius 3 is 2.35 bits per heavy atom. The van der Waals surface area contributed by atoms with Crippen molar-refractivity contribution in [3.8, 4) is 5.75 Å². The molecule has 0 bridgehead atoms. The van der Waals surface area contributed by atoms with Gasteiger partial charge in [-0.3, -0.25) is 9.69 Å². The van der Waals surface area contributed by atoms with Crippen LogP contribution in [0.2, 0.25) is 0 Å². The van der Waals surface area contributed by atoms with Gasteiger partial charge in [0.1, 0.15) is 12.4 Å². The molecule has 1 atom stereocenters. The standard InChI is InChI=1S/C21H19NO4/c1-12-7-13(2)9-15(8-12)22-18-11-26-21(25)20(18)17(10-19(22)24)14-3-5-16(23)6-4-14/h3-9,17,23H,10-11H2,1-2H3. The lowest BCUT2D eigenvalue weighted by molar-refractivity contribution is -0.136. The van der Waals surface area contributed by atoms with Crippen LogP contribution in [0.3, 0.4) is 0 Å². The van der Waals surface area contributed by atoms with Gasteiger partial charge in [-0.25, -0.2) is 4.79 Å². The first-order chi connectivity index (χ1) is 12.4. The van der Waals surface area contributed by atoms with Crippen molar-refractivity contribution >= 4 is 17.6 Å². The number of carbonyl (C=O) groups excluding carboxylic acids is 2. The number of carbonyl (C=O) groups is 2. The average Bonchev–Trinajstić information content (AvgIpc) is 2.95. The summed E-state index contributed by atoms with van der Waals surface area (Å²) in [6, 6.07) is 12.6. The highest BCUT2D eigenvalue weighted by atomic mass is 16.5. The van der Waals surface area contributed by atoms with Gasteiger partial charge in [0.25, 0.3) is 0 Å². The van der Waals surface area contributed by atoms with E-state index in [-0.39, 0.29) is 36.6 Å². The summed E-state index contributed by atoms with van der Waals surface area (Å²) in [6.45, 7) is 4.06. The number of aromatic hydroxyl groups is 1. The molecule has 26 heavy (non-hydrogen) atoms. The average molecular weight is 349 g/mol. The fourth-order valence-electron chi connectivity index (χ4n) is 3.82. The molecule has 2 aliphatic rings. The zero-order valence-corrected chi connectivity index (χ0v) is 14.7. The lowest BCUT2D eigenvalue weighted by Crippen LogP contribution is -2.37. The van der Waals surface area contributed by atoms with E-state index in [1.807, 2.05) is 32.0 Å². The first-order valence-electron chi connectivity index (χ1n) is 8.54. The number of hydrogen-bond acceptors (Lipinski definition) is 4. The first-order valence-corrected chi connectivity index (χ1v) is 8.54. The smallest absolute Gasteiger partial charge is 0.336 e. The Hall–Kier alpha value is -3.08. The van der Waals surface area contributed by atoms with Crippen LogP contribution in [0.1, 0.15) is 29.0 Å². The van der Waals surface area contributed by atoms with Crippen molar-refractivity contribution in [3.05, 3.63) is 70.4 Å². The lowest BCUT2D eigenvalue weighted by Gasteiger charge is -2.32. The molecule has 2 aliphatic heterocycles. The molecule has 0 radical (unpaired) electrons. The first kappa shape index (κ1) is 16.4.